The summed E-state index contributed by atoms with van der Waals surface area (Å²) in [6, 6.07) is 15.1. The molecule has 2 aromatic rings. The number of rotatable bonds is 6. The molecule has 0 unspecified atom stereocenters. The summed E-state index contributed by atoms with van der Waals surface area (Å²) in [6.45, 7) is 2.01. The Kier molecular flexibility index (Phi) is 6.23. The Morgan fingerprint density at radius 3 is 2.59 bits per heavy atom. The van der Waals surface area contributed by atoms with E-state index in [9.17, 15) is 14.9 Å². The molecule has 8 heteroatoms. The maximum atomic E-state index is 12.8. The molecule has 1 N–H and O–H groups in total. The van der Waals surface area contributed by atoms with Crippen LogP contribution in [0, 0.1) is 10.1 Å². The van der Waals surface area contributed by atoms with Crippen LogP contribution in [0.1, 0.15) is 31.4 Å². The quantitative estimate of drug-likeness (QED) is 0.329. The van der Waals surface area contributed by atoms with E-state index in [4.69, 9.17) is 17.0 Å². The van der Waals surface area contributed by atoms with Crippen LogP contribution in [0.5, 0.6) is 0 Å². The molecular weight excluding hydrogens is 390 g/mol. The highest BCUT2D eigenvalue weighted by Gasteiger charge is 2.37. The van der Waals surface area contributed by atoms with Gasteiger partial charge < -0.3 is 10.1 Å². The molecule has 150 valence electrons. The smallest absolute Gasteiger partial charge is 0.337 e. The maximum absolute atomic E-state index is 12.8. The lowest BCUT2D eigenvalue weighted by Gasteiger charge is -2.38. The standard InChI is InChI=1S/C21H21N3O4S/c1-3-8-17-18(20(25)28-2)19(14-9-7-12-16(13-14)24(26)27)22-21(29)23(17)15-10-5-4-6-11-15/h4-7,9-13,19H,3,8H2,1-2H3,(H,22,29)/t19-/m1/s1. The number of hydrogen-bond donors (Lipinski definition) is 1. The first-order chi connectivity index (χ1) is 14.0. The minimum atomic E-state index is -0.642. The molecule has 0 aromatic heterocycles. The van der Waals surface area contributed by atoms with Crippen LogP contribution in [0.4, 0.5) is 11.4 Å². The van der Waals surface area contributed by atoms with Crippen LogP contribution < -0.4 is 10.2 Å². The Labute approximate surface area is 174 Å². The van der Waals surface area contributed by atoms with Crippen molar-refractivity contribution < 1.29 is 14.5 Å². The fourth-order valence-electron chi connectivity index (χ4n) is 3.42. The molecule has 7 nitrogen and oxygen atoms in total. The van der Waals surface area contributed by atoms with Crippen LogP contribution in [0.15, 0.2) is 65.9 Å². The number of hydrogen-bond acceptors (Lipinski definition) is 5. The van der Waals surface area contributed by atoms with Gasteiger partial charge >= 0.3 is 5.97 Å². The zero-order valence-electron chi connectivity index (χ0n) is 16.1. The molecule has 0 fully saturated rings. The topological polar surface area (TPSA) is 84.7 Å². The number of allylic oxidation sites excluding steroid dienone is 1. The van der Waals surface area contributed by atoms with E-state index in [1.165, 1.54) is 19.2 Å². The Balaban J connectivity index is 2.21. The zero-order valence-corrected chi connectivity index (χ0v) is 16.9. The highest BCUT2D eigenvalue weighted by molar-refractivity contribution is 7.80. The Hall–Kier alpha value is -3.26. The highest BCUT2D eigenvalue weighted by Crippen LogP contribution is 2.36. The number of nitro benzene ring substituents is 1. The van der Waals surface area contributed by atoms with Crippen molar-refractivity contribution >= 4 is 34.7 Å². The summed E-state index contributed by atoms with van der Waals surface area (Å²) >= 11 is 5.63. The van der Waals surface area contributed by atoms with Gasteiger partial charge in [0.15, 0.2) is 5.11 Å². The third-order valence-electron chi connectivity index (χ3n) is 4.66. The lowest BCUT2D eigenvalue weighted by molar-refractivity contribution is -0.384. The molecule has 1 aliphatic heterocycles. The van der Waals surface area contributed by atoms with Gasteiger partial charge in [-0.15, -0.1) is 0 Å². The lowest BCUT2D eigenvalue weighted by atomic mass is 9.92. The Bertz CT molecular complexity index is 975. The van der Waals surface area contributed by atoms with E-state index in [1.807, 2.05) is 42.2 Å². The fraction of sp³-hybridized carbons (Fsp3) is 0.238. The Morgan fingerprint density at radius 1 is 1.24 bits per heavy atom. The Morgan fingerprint density at radius 2 is 1.97 bits per heavy atom. The number of thiocarbonyl (C=S) groups is 1. The van der Waals surface area contributed by atoms with Gasteiger partial charge in [-0.05, 0) is 36.3 Å². The van der Waals surface area contributed by atoms with Gasteiger partial charge in [-0.25, -0.2) is 4.79 Å². The second kappa shape index (κ2) is 8.83. The maximum Gasteiger partial charge on any atom is 0.337 e. The number of carbonyl (C=O) groups is 1. The summed E-state index contributed by atoms with van der Waals surface area (Å²) < 4.78 is 5.07. The van der Waals surface area contributed by atoms with E-state index in [0.29, 0.717) is 22.7 Å². The number of non-ortho nitro benzene ring substituents is 1. The van der Waals surface area contributed by atoms with Crippen LogP contribution in [0.3, 0.4) is 0 Å². The van der Waals surface area contributed by atoms with E-state index in [0.717, 1.165) is 17.8 Å². The molecule has 1 heterocycles. The number of nitrogens with zero attached hydrogens (tertiary/aromatic N) is 2. The third kappa shape index (κ3) is 4.12. The summed E-state index contributed by atoms with van der Waals surface area (Å²) in [5, 5.41) is 14.8. The molecule has 0 aliphatic carbocycles. The lowest BCUT2D eigenvalue weighted by Crippen LogP contribution is -2.48. The predicted octanol–water partition coefficient (Wildman–Crippen LogP) is 4.26. The van der Waals surface area contributed by atoms with E-state index < -0.39 is 16.9 Å². The fourth-order valence-corrected chi connectivity index (χ4v) is 3.75. The summed E-state index contributed by atoms with van der Waals surface area (Å²) in [4.78, 5) is 25.4. The van der Waals surface area contributed by atoms with Crippen molar-refractivity contribution in [2.45, 2.75) is 25.8 Å². The van der Waals surface area contributed by atoms with E-state index in [2.05, 4.69) is 5.32 Å². The molecule has 0 bridgehead atoms. The second-order valence-corrected chi connectivity index (χ2v) is 6.89. The predicted molar refractivity (Wildman–Crippen MR) is 114 cm³/mol. The van der Waals surface area contributed by atoms with Gasteiger partial charge in [0.25, 0.3) is 5.69 Å². The summed E-state index contributed by atoms with van der Waals surface area (Å²) in [7, 11) is 1.32. The van der Waals surface area contributed by atoms with Gasteiger partial charge in [-0.2, -0.15) is 0 Å². The van der Waals surface area contributed by atoms with Crippen molar-refractivity contribution in [3.05, 3.63) is 81.5 Å². The minimum Gasteiger partial charge on any atom is -0.466 e. The highest BCUT2D eigenvalue weighted by atomic mass is 32.1. The number of benzene rings is 2. The molecule has 0 saturated heterocycles. The normalized spacial score (nSPS) is 16.4. The van der Waals surface area contributed by atoms with Crippen molar-refractivity contribution in [3.63, 3.8) is 0 Å². The molecule has 0 amide bonds. The van der Waals surface area contributed by atoms with Gasteiger partial charge in [0, 0.05) is 23.5 Å². The third-order valence-corrected chi connectivity index (χ3v) is 4.96. The first-order valence-corrected chi connectivity index (χ1v) is 9.60. The summed E-state index contributed by atoms with van der Waals surface area (Å²) in [6.07, 6.45) is 1.37. The minimum absolute atomic E-state index is 0.0537. The molecule has 0 saturated carbocycles. The van der Waals surface area contributed by atoms with Crippen molar-refractivity contribution in [2.24, 2.45) is 0 Å². The first kappa shape index (κ1) is 20.5. The van der Waals surface area contributed by atoms with Crippen LogP contribution in [0.25, 0.3) is 0 Å². The molecule has 3 rings (SSSR count). The average molecular weight is 411 g/mol. The van der Waals surface area contributed by atoms with E-state index in [1.54, 1.807) is 12.1 Å². The molecule has 0 radical (unpaired) electrons. The van der Waals surface area contributed by atoms with Crippen molar-refractivity contribution in [2.75, 3.05) is 12.0 Å². The molecule has 1 aliphatic rings. The molecule has 1 atom stereocenters. The molecule has 2 aromatic carbocycles. The monoisotopic (exact) mass is 411 g/mol. The van der Waals surface area contributed by atoms with Gasteiger partial charge in [0.05, 0.1) is 23.6 Å². The zero-order chi connectivity index (χ0) is 21.0. The molecule has 29 heavy (non-hydrogen) atoms. The van der Waals surface area contributed by atoms with Gasteiger partial charge in [0.1, 0.15) is 0 Å². The number of nitro groups is 1. The number of anilines is 1. The summed E-state index contributed by atoms with van der Waals surface area (Å²) in [5.41, 5.74) is 2.47. The SMILES string of the molecule is CCCC1=C(C(=O)OC)[C@@H](c2cccc([N+](=O)[O-])c2)NC(=S)N1c1ccccc1. The number of ether oxygens (including phenoxy) is 1. The van der Waals surface area contributed by atoms with E-state index in [-0.39, 0.29) is 5.69 Å². The van der Waals surface area contributed by atoms with Crippen LogP contribution >= 0.6 is 12.2 Å². The van der Waals surface area contributed by atoms with Crippen LogP contribution in [0.2, 0.25) is 0 Å². The number of methoxy groups -OCH3 is 1. The van der Waals surface area contributed by atoms with E-state index >= 15 is 0 Å². The number of carbonyl (C=O) groups excluding carboxylic acids is 1. The van der Waals surface area contributed by atoms with Gasteiger partial charge in [-0.1, -0.05) is 43.7 Å². The van der Waals surface area contributed by atoms with Crippen molar-refractivity contribution in [1.29, 1.82) is 0 Å². The first-order valence-electron chi connectivity index (χ1n) is 9.19. The van der Waals surface area contributed by atoms with Crippen LogP contribution in [-0.4, -0.2) is 23.1 Å². The second-order valence-electron chi connectivity index (χ2n) is 6.51. The number of para-hydroxylation sites is 1. The molecule has 0 spiro atoms. The number of esters is 1. The summed E-state index contributed by atoms with van der Waals surface area (Å²) in [5.74, 6) is -0.499. The number of nitrogens with one attached hydrogen (secondary N) is 1. The largest absolute Gasteiger partial charge is 0.466 e. The molecular formula is C21H21N3O4S. The van der Waals surface area contributed by atoms with Gasteiger partial charge in [0.2, 0.25) is 0 Å². The van der Waals surface area contributed by atoms with Gasteiger partial charge in [-0.3, -0.25) is 15.0 Å². The van der Waals surface area contributed by atoms with Crippen LogP contribution in [-0.2, 0) is 9.53 Å². The van der Waals surface area contributed by atoms with Crippen molar-refractivity contribution in [1.82, 2.24) is 5.32 Å². The average Bonchev–Trinajstić information content (AvgIpc) is 2.74. The van der Waals surface area contributed by atoms with Crippen molar-refractivity contribution in [3.8, 4) is 0 Å².